The van der Waals surface area contributed by atoms with Crippen LogP contribution < -0.4 is 15.5 Å². The molecule has 1 aromatic carbocycles. The molecule has 0 unspecified atom stereocenters. The van der Waals surface area contributed by atoms with Gasteiger partial charge in [0, 0.05) is 35.9 Å². The molecule has 0 saturated carbocycles. The van der Waals surface area contributed by atoms with Crippen LogP contribution in [0.1, 0.15) is 22.7 Å². The van der Waals surface area contributed by atoms with Gasteiger partial charge in [0.1, 0.15) is 0 Å². The first-order valence-corrected chi connectivity index (χ1v) is 8.78. The van der Waals surface area contributed by atoms with Crippen molar-refractivity contribution in [2.75, 3.05) is 18.0 Å². The number of para-hydroxylation sites is 1. The fourth-order valence-electron chi connectivity index (χ4n) is 2.81. The highest BCUT2D eigenvalue weighted by Gasteiger charge is 2.20. The Kier molecular flexibility index (Phi) is 5.12. The zero-order chi connectivity index (χ0) is 16.1. The Bertz CT molecular complexity index is 635. The average molecular weight is 330 g/mol. The number of urea groups is 1. The SMILES string of the molecule is Cc1ncc(CNC(=O)NC2CCN(c3ccccc3)CC2)s1. The molecule has 6 heteroatoms. The highest BCUT2D eigenvalue weighted by atomic mass is 32.1. The number of carbonyl (C=O) groups is 1. The Morgan fingerprint density at radius 2 is 2.04 bits per heavy atom. The van der Waals surface area contributed by atoms with Crippen LogP contribution >= 0.6 is 11.3 Å². The first-order chi connectivity index (χ1) is 11.2. The van der Waals surface area contributed by atoms with Crippen molar-refractivity contribution in [3.8, 4) is 0 Å². The molecule has 1 aliphatic heterocycles. The molecule has 1 aromatic heterocycles. The molecule has 122 valence electrons. The number of amides is 2. The van der Waals surface area contributed by atoms with Gasteiger partial charge in [-0.05, 0) is 31.9 Å². The molecule has 0 atom stereocenters. The van der Waals surface area contributed by atoms with E-state index in [-0.39, 0.29) is 12.1 Å². The van der Waals surface area contributed by atoms with E-state index in [2.05, 4.69) is 44.8 Å². The van der Waals surface area contributed by atoms with Crippen LogP contribution in [0, 0.1) is 6.92 Å². The number of carbonyl (C=O) groups excluding carboxylic acids is 1. The lowest BCUT2D eigenvalue weighted by Gasteiger charge is -2.33. The van der Waals surface area contributed by atoms with Crippen LogP contribution in [0.4, 0.5) is 10.5 Å². The number of piperidine rings is 1. The number of rotatable bonds is 4. The fourth-order valence-corrected chi connectivity index (χ4v) is 3.55. The second-order valence-corrected chi connectivity index (χ2v) is 7.09. The second-order valence-electron chi connectivity index (χ2n) is 5.77. The highest BCUT2D eigenvalue weighted by Crippen LogP contribution is 2.19. The number of benzene rings is 1. The monoisotopic (exact) mass is 330 g/mol. The van der Waals surface area contributed by atoms with Crippen LogP contribution in [-0.2, 0) is 6.54 Å². The first kappa shape index (κ1) is 15.8. The Hall–Kier alpha value is -2.08. The summed E-state index contributed by atoms with van der Waals surface area (Å²) in [6.45, 7) is 4.46. The van der Waals surface area contributed by atoms with E-state index >= 15 is 0 Å². The van der Waals surface area contributed by atoms with Gasteiger partial charge in [0.15, 0.2) is 0 Å². The predicted octanol–water partition coefficient (Wildman–Crippen LogP) is 2.92. The normalized spacial score (nSPS) is 15.4. The lowest BCUT2D eigenvalue weighted by molar-refractivity contribution is 0.234. The molecule has 1 fully saturated rings. The number of nitrogens with zero attached hydrogens (tertiary/aromatic N) is 2. The molecule has 2 heterocycles. The Morgan fingerprint density at radius 3 is 2.70 bits per heavy atom. The molecule has 2 amide bonds. The minimum absolute atomic E-state index is 0.0887. The maximum absolute atomic E-state index is 12.0. The lowest BCUT2D eigenvalue weighted by Crippen LogP contribution is -2.47. The fraction of sp³-hybridized carbons (Fsp3) is 0.412. The second kappa shape index (κ2) is 7.46. The van der Waals surface area contributed by atoms with Gasteiger partial charge in [0.05, 0.1) is 11.6 Å². The van der Waals surface area contributed by atoms with Gasteiger partial charge in [-0.2, -0.15) is 0 Å². The standard InChI is InChI=1S/C17H22N4OS/c1-13-18-11-16(23-13)12-19-17(22)20-14-7-9-21(10-8-14)15-5-3-2-4-6-15/h2-6,11,14H,7-10,12H2,1H3,(H2,19,20,22). The number of aromatic nitrogens is 1. The summed E-state index contributed by atoms with van der Waals surface area (Å²) >= 11 is 1.61. The van der Waals surface area contributed by atoms with Crippen molar-refractivity contribution < 1.29 is 4.79 Å². The summed E-state index contributed by atoms with van der Waals surface area (Å²) in [4.78, 5) is 19.6. The average Bonchev–Trinajstić information content (AvgIpc) is 3.00. The van der Waals surface area contributed by atoms with E-state index in [4.69, 9.17) is 0 Å². The molecule has 2 aromatic rings. The van der Waals surface area contributed by atoms with Crippen molar-refractivity contribution >= 4 is 23.1 Å². The van der Waals surface area contributed by atoms with Crippen molar-refractivity contribution in [1.29, 1.82) is 0 Å². The molecule has 0 radical (unpaired) electrons. The first-order valence-electron chi connectivity index (χ1n) is 7.96. The topological polar surface area (TPSA) is 57.3 Å². The van der Waals surface area contributed by atoms with E-state index in [1.54, 1.807) is 11.3 Å². The molecule has 5 nitrogen and oxygen atoms in total. The molecule has 3 rings (SSSR count). The quantitative estimate of drug-likeness (QED) is 0.906. The van der Waals surface area contributed by atoms with E-state index in [9.17, 15) is 4.79 Å². The van der Waals surface area contributed by atoms with Crippen LogP contribution in [0.25, 0.3) is 0 Å². The number of hydrogen-bond donors (Lipinski definition) is 2. The molecule has 0 bridgehead atoms. The van der Waals surface area contributed by atoms with Crippen molar-refractivity contribution in [2.45, 2.75) is 32.4 Å². The number of nitrogens with one attached hydrogen (secondary N) is 2. The van der Waals surface area contributed by atoms with E-state index in [0.717, 1.165) is 35.8 Å². The van der Waals surface area contributed by atoms with E-state index < -0.39 is 0 Å². The van der Waals surface area contributed by atoms with Crippen LogP contribution in [-0.4, -0.2) is 30.1 Å². The molecule has 1 saturated heterocycles. The Morgan fingerprint density at radius 1 is 1.30 bits per heavy atom. The largest absolute Gasteiger partial charge is 0.371 e. The summed E-state index contributed by atoms with van der Waals surface area (Å²) in [6, 6.07) is 10.6. The van der Waals surface area contributed by atoms with Crippen molar-refractivity contribution in [2.24, 2.45) is 0 Å². The summed E-state index contributed by atoms with van der Waals surface area (Å²) in [5, 5.41) is 7.01. The third-order valence-electron chi connectivity index (χ3n) is 4.04. The molecular formula is C17H22N4OS. The third-order valence-corrected chi connectivity index (χ3v) is 4.96. The zero-order valence-electron chi connectivity index (χ0n) is 13.3. The minimum atomic E-state index is -0.0887. The summed E-state index contributed by atoms with van der Waals surface area (Å²) in [5.74, 6) is 0. The molecule has 0 spiro atoms. The van der Waals surface area contributed by atoms with Gasteiger partial charge in [0.2, 0.25) is 0 Å². The molecule has 2 N–H and O–H groups in total. The Labute approximate surface area is 140 Å². The van der Waals surface area contributed by atoms with Crippen molar-refractivity contribution in [3.05, 3.63) is 46.4 Å². The van der Waals surface area contributed by atoms with Gasteiger partial charge in [-0.25, -0.2) is 9.78 Å². The number of thiazole rings is 1. The van der Waals surface area contributed by atoms with Gasteiger partial charge in [-0.1, -0.05) is 18.2 Å². The van der Waals surface area contributed by atoms with Crippen LogP contribution in [0.2, 0.25) is 0 Å². The van der Waals surface area contributed by atoms with Crippen molar-refractivity contribution in [3.63, 3.8) is 0 Å². The van der Waals surface area contributed by atoms with E-state index in [1.807, 2.05) is 19.2 Å². The number of anilines is 1. The van der Waals surface area contributed by atoms with E-state index in [1.165, 1.54) is 5.69 Å². The van der Waals surface area contributed by atoms with Crippen LogP contribution in [0.3, 0.4) is 0 Å². The van der Waals surface area contributed by atoms with Crippen LogP contribution in [0.5, 0.6) is 0 Å². The zero-order valence-corrected chi connectivity index (χ0v) is 14.1. The van der Waals surface area contributed by atoms with Gasteiger partial charge in [0.25, 0.3) is 0 Å². The summed E-state index contributed by atoms with van der Waals surface area (Å²) < 4.78 is 0. The smallest absolute Gasteiger partial charge is 0.315 e. The van der Waals surface area contributed by atoms with Gasteiger partial charge >= 0.3 is 6.03 Å². The lowest BCUT2D eigenvalue weighted by atomic mass is 10.0. The molecular weight excluding hydrogens is 308 g/mol. The predicted molar refractivity (Wildman–Crippen MR) is 93.9 cm³/mol. The van der Waals surface area contributed by atoms with Crippen molar-refractivity contribution in [1.82, 2.24) is 15.6 Å². The summed E-state index contributed by atoms with van der Waals surface area (Å²) in [5.41, 5.74) is 1.26. The highest BCUT2D eigenvalue weighted by molar-refractivity contribution is 7.11. The van der Waals surface area contributed by atoms with Gasteiger partial charge < -0.3 is 15.5 Å². The third kappa shape index (κ3) is 4.45. The van der Waals surface area contributed by atoms with Crippen LogP contribution in [0.15, 0.2) is 36.5 Å². The number of aryl methyl sites for hydroxylation is 1. The van der Waals surface area contributed by atoms with Gasteiger partial charge in [-0.3, -0.25) is 0 Å². The summed E-state index contributed by atoms with van der Waals surface area (Å²) in [6.07, 6.45) is 3.77. The summed E-state index contributed by atoms with van der Waals surface area (Å²) in [7, 11) is 0. The molecule has 0 aliphatic carbocycles. The number of hydrogen-bond acceptors (Lipinski definition) is 4. The minimum Gasteiger partial charge on any atom is -0.371 e. The molecule has 23 heavy (non-hydrogen) atoms. The maximum Gasteiger partial charge on any atom is 0.315 e. The van der Waals surface area contributed by atoms with E-state index in [0.29, 0.717) is 6.54 Å². The maximum atomic E-state index is 12.0. The van der Waals surface area contributed by atoms with Gasteiger partial charge in [-0.15, -0.1) is 11.3 Å². The Balaban J connectivity index is 1.41. The molecule has 1 aliphatic rings.